The lowest BCUT2D eigenvalue weighted by atomic mass is 10.1. The molecule has 0 spiro atoms. The van der Waals surface area contributed by atoms with Gasteiger partial charge in [-0.15, -0.1) is 0 Å². The normalized spacial score (nSPS) is 14.7. The van der Waals surface area contributed by atoms with Gasteiger partial charge in [0.2, 0.25) is 0 Å². The summed E-state index contributed by atoms with van der Waals surface area (Å²) in [5.74, 6) is -0.127. The second-order valence-electron chi connectivity index (χ2n) is 7.35. The molecule has 160 valence electrons. The highest BCUT2D eigenvalue weighted by molar-refractivity contribution is 5.71. The van der Waals surface area contributed by atoms with E-state index in [-0.39, 0.29) is 12.3 Å². The predicted molar refractivity (Wildman–Crippen MR) is 120 cm³/mol. The lowest BCUT2D eigenvalue weighted by molar-refractivity contribution is -0.183. The van der Waals surface area contributed by atoms with Crippen molar-refractivity contribution in [3.8, 4) is 0 Å². The van der Waals surface area contributed by atoms with Crippen molar-refractivity contribution in [2.24, 2.45) is 0 Å². The van der Waals surface area contributed by atoms with Gasteiger partial charge in [-0.05, 0) is 43.0 Å². The minimum atomic E-state index is -0.237. The Morgan fingerprint density at radius 1 is 1.03 bits per heavy atom. The van der Waals surface area contributed by atoms with Gasteiger partial charge in [0.15, 0.2) is 6.29 Å². The molecule has 30 heavy (non-hydrogen) atoms. The fourth-order valence-electron chi connectivity index (χ4n) is 3.30. The fraction of sp³-hybridized carbons (Fsp3) is 0.400. The van der Waals surface area contributed by atoms with Gasteiger partial charge in [0.1, 0.15) is 0 Å². The summed E-state index contributed by atoms with van der Waals surface area (Å²) in [5.41, 5.74) is 4.46. The van der Waals surface area contributed by atoms with Gasteiger partial charge in [0, 0.05) is 31.3 Å². The van der Waals surface area contributed by atoms with Crippen LogP contribution in [-0.2, 0) is 19.0 Å². The zero-order valence-electron chi connectivity index (χ0n) is 17.9. The maximum atomic E-state index is 11.4. The quantitative estimate of drug-likeness (QED) is 0.427. The summed E-state index contributed by atoms with van der Waals surface area (Å²) in [4.78, 5) is 13.6. The Labute approximate surface area is 179 Å². The predicted octanol–water partition coefficient (Wildman–Crippen LogP) is 5.07. The average Bonchev–Trinajstić information content (AvgIpc) is 2.79. The first-order valence-electron chi connectivity index (χ1n) is 10.6. The van der Waals surface area contributed by atoms with E-state index in [1.165, 1.54) is 0 Å². The molecule has 5 nitrogen and oxygen atoms in total. The molecule has 1 aliphatic heterocycles. The molecule has 2 aromatic rings. The molecule has 0 atom stereocenters. The van der Waals surface area contributed by atoms with E-state index in [0.29, 0.717) is 13.0 Å². The number of rotatable bonds is 9. The van der Waals surface area contributed by atoms with Crippen molar-refractivity contribution in [3.05, 3.63) is 65.2 Å². The smallest absolute Gasteiger partial charge is 0.305 e. The summed E-state index contributed by atoms with van der Waals surface area (Å²) in [6.45, 7) is 4.59. The van der Waals surface area contributed by atoms with Crippen molar-refractivity contribution >= 4 is 23.8 Å². The van der Waals surface area contributed by atoms with Crippen LogP contribution in [0, 0.1) is 0 Å². The van der Waals surface area contributed by atoms with Crippen molar-refractivity contribution in [1.82, 2.24) is 0 Å². The van der Waals surface area contributed by atoms with Crippen LogP contribution in [0.4, 0.5) is 5.69 Å². The van der Waals surface area contributed by atoms with Crippen molar-refractivity contribution in [3.63, 3.8) is 0 Å². The number of benzene rings is 2. The molecule has 1 fully saturated rings. The van der Waals surface area contributed by atoms with E-state index in [2.05, 4.69) is 65.6 Å². The highest BCUT2D eigenvalue weighted by atomic mass is 16.7. The molecule has 2 aromatic carbocycles. The van der Waals surface area contributed by atoms with E-state index in [9.17, 15) is 4.79 Å². The molecule has 0 amide bonds. The van der Waals surface area contributed by atoms with Gasteiger partial charge in [-0.2, -0.15) is 0 Å². The number of ether oxygens (including phenoxy) is 3. The molecule has 0 saturated carbocycles. The Kier molecular flexibility index (Phi) is 8.48. The first-order valence-corrected chi connectivity index (χ1v) is 10.6. The standard InChI is InChI=1S/C25H31NO4/c1-3-28-24(27)6-4-17-26(2)23-15-11-21(12-16-23)8-7-20-9-13-22(14-10-20)25-29-18-5-19-30-25/h7-16,25H,3-6,17-19H2,1-2H3/b8-7+. The molecule has 1 saturated heterocycles. The highest BCUT2D eigenvalue weighted by Crippen LogP contribution is 2.23. The molecule has 1 aliphatic rings. The van der Waals surface area contributed by atoms with Crippen LogP contribution in [0.2, 0.25) is 0 Å². The van der Waals surface area contributed by atoms with Crippen molar-refractivity contribution in [1.29, 1.82) is 0 Å². The van der Waals surface area contributed by atoms with Crippen LogP contribution >= 0.6 is 0 Å². The Bertz CT molecular complexity index is 808. The number of carbonyl (C=O) groups is 1. The summed E-state index contributed by atoms with van der Waals surface area (Å²) in [6.07, 6.45) is 6.16. The van der Waals surface area contributed by atoms with Gasteiger partial charge in [-0.25, -0.2) is 0 Å². The molecule has 0 bridgehead atoms. The van der Waals surface area contributed by atoms with E-state index in [0.717, 1.165) is 55.0 Å². The van der Waals surface area contributed by atoms with Crippen LogP contribution in [0.1, 0.15) is 49.2 Å². The lowest BCUT2D eigenvalue weighted by Gasteiger charge is -2.23. The molecule has 0 N–H and O–H groups in total. The van der Waals surface area contributed by atoms with Crippen LogP contribution in [0.5, 0.6) is 0 Å². The second-order valence-corrected chi connectivity index (χ2v) is 7.35. The Morgan fingerprint density at radius 3 is 2.23 bits per heavy atom. The summed E-state index contributed by atoms with van der Waals surface area (Å²) in [7, 11) is 2.04. The monoisotopic (exact) mass is 409 g/mol. The third kappa shape index (κ3) is 6.71. The van der Waals surface area contributed by atoms with Crippen LogP contribution < -0.4 is 4.90 Å². The minimum Gasteiger partial charge on any atom is -0.466 e. The SMILES string of the molecule is CCOC(=O)CCCN(C)c1ccc(/C=C/c2ccc(C3OCCCO3)cc2)cc1. The van der Waals surface area contributed by atoms with Crippen LogP contribution in [0.3, 0.4) is 0 Å². The molecule has 5 heteroatoms. The largest absolute Gasteiger partial charge is 0.466 e. The zero-order chi connectivity index (χ0) is 21.2. The maximum Gasteiger partial charge on any atom is 0.305 e. The summed E-state index contributed by atoms with van der Waals surface area (Å²) >= 11 is 0. The topological polar surface area (TPSA) is 48.0 Å². The summed E-state index contributed by atoms with van der Waals surface area (Å²) < 4.78 is 16.3. The average molecular weight is 410 g/mol. The molecule has 0 aromatic heterocycles. The number of hydrogen-bond acceptors (Lipinski definition) is 5. The number of carbonyl (C=O) groups excluding carboxylic acids is 1. The number of anilines is 1. The number of esters is 1. The highest BCUT2D eigenvalue weighted by Gasteiger charge is 2.15. The third-order valence-corrected chi connectivity index (χ3v) is 5.02. The Hall–Kier alpha value is -2.63. The second kappa shape index (κ2) is 11.5. The number of nitrogens with zero attached hydrogens (tertiary/aromatic N) is 1. The molecule has 0 radical (unpaired) electrons. The van der Waals surface area contributed by atoms with Gasteiger partial charge in [-0.3, -0.25) is 4.79 Å². The molecule has 1 heterocycles. The zero-order valence-corrected chi connectivity index (χ0v) is 17.9. The first-order chi connectivity index (χ1) is 14.7. The fourth-order valence-corrected chi connectivity index (χ4v) is 3.30. The molecular weight excluding hydrogens is 378 g/mol. The van der Waals surface area contributed by atoms with E-state index in [1.54, 1.807) is 0 Å². The van der Waals surface area contributed by atoms with Gasteiger partial charge in [0.25, 0.3) is 0 Å². The van der Waals surface area contributed by atoms with E-state index < -0.39 is 0 Å². The maximum absolute atomic E-state index is 11.4. The van der Waals surface area contributed by atoms with Crippen molar-refractivity contribution < 1.29 is 19.0 Å². The third-order valence-electron chi connectivity index (χ3n) is 5.02. The van der Waals surface area contributed by atoms with E-state index >= 15 is 0 Å². The van der Waals surface area contributed by atoms with Gasteiger partial charge >= 0.3 is 5.97 Å². The summed E-state index contributed by atoms with van der Waals surface area (Å²) in [5, 5.41) is 0. The molecular formula is C25H31NO4. The molecule has 0 aliphatic carbocycles. The molecule has 0 unspecified atom stereocenters. The van der Waals surface area contributed by atoms with E-state index in [1.807, 2.05) is 14.0 Å². The number of hydrogen-bond donors (Lipinski definition) is 0. The van der Waals surface area contributed by atoms with Crippen molar-refractivity contribution in [2.45, 2.75) is 32.5 Å². The van der Waals surface area contributed by atoms with Crippen molar-refractivity contribution in [2.75, 3.05) is 38.3 Å². The van der Waals surface area contributed by atoms with Crippen LogP contribution in [-0.4, -0.2) is 39.4 Å². The lowest BCUT2D eigenvalue weighted by Crippen LogP contribution is -2.19. The Morgan fingerprint density at radius 2 is 1.63 bits per heavy atom. The Balaban J connectivity index is 1.49. The first kappa shape index (κ1) is 22.1. The van der Waals surface area contributed by atoms with Gasteiger partial charge in [-0.1, -0.05) is 48.6 Å². The van der Waals surface area contributed by atoms with Gasteiger partial charge < -0.3 is 19.1 Å². The molecule has 3 rings (SSSR count). The minimum absolute atomic E-state index is 0.127. The summed E-state index contributed by atoms with van der Waals surface area (Å²) in [6, 6.07) is 16.7. The van der Waals surface area contributed by atoms with Gasteiger partial charge in [0.05, 0.1) is 19.8 Å². The van der Waals surface area contributed by atoms with Crippen LogP contribution in [0.25, 0.3) is 12.2 Å². The van der Waals surface area contributed by atoms with E-state index in [4.69, 9.17) is 14.2 Å². The van der Waals surface area contributed by atoms with Crippen LogP contribution in [0.15, 0.2) is 48.5 Å².